The SMILES string of the molecule is COc1ccc(S(=O)(=O)n2c3c(c4cc(Cl)ccc42)C(=NNC(=N)N)CCC3)cc1. The number of hydrazone groups is 1. The van der Waals surface area contributed by atoms with Crippen molar-refractivity contribution in [3.05, 3.63) is 58.7 Å². The summed E-state index contributed by atoms with van der Waals surface area (Å²) in [6.45, 7) is 0. The molecule has 8 nitrogen and oxygen atoms in total. The van der Waals surface area contributed by atoms with Crippen LogP contribution < -0.4 is 15.9 Å². The summed E-state index contributed by atoms with van der Waals surface area (Å²) in [6, 6.07) is 11.4. The van der Waals surface area contributed by atoms with Gasteiger partial charge < -0.3 is 10.5 Å². The number of fused-ring (bicyclic) bond motifs is 3. The molecule has 0 spiro atoms. The van der Waals surface area contributed by atoms with Crippen LogP contribution in [0.15, 0.2) is 52.5 Å². The summed E-state index contributed by atoms with van der Waals surface area (Å²) in [5.74, 6) is 0.284. The van der Waals surface area contributed by atoms with Crippen molar-refractivity contribution in [1.29, 1.82) is 5.41 Å². The fourth-order valence-corrected chi connectivity index (χ4v) is 5.51. The highest BCUT2D eigenvalue weighted by atomic mass is 35.5. The Hall–Kier alpha value is -3.04. The number of methoxy groups -OCH3 is 1. The standard InChI is InChI=1S/C20H20ClN5O3S/c1-29-13-6-8-14(9-7-13)30(27,28)26-17-10-5-12(21)11-15(17)19-16(24-25-20(22)23)3-2-4-18(19)26/h5-11H,2-4H2,1H3,(H4,22,23,25). The van der Waals surface area contributed by atoms with E-state index in [0.29, 0.717) is 57.9 Å². The van der Waals surface area contributed by atoms with Gasteiger partial charge in [0, 0.05) is 21.7 Å². The minimum atomic E-state index is -3.88. The minimum absolute atomic E-state index is 0.156. The normalized spacial score (nSPS) is 15.2. The number of nitrogens with one attached hydrogen (secondary N) is 2. The molecule has 3 aromatic rings. The molecule has 0 radical (unpaired) electrons. The second kappa shape index (κ2) is 7.66. The minimum Gasteiger partial charge on any atom is -0.497 e. The van der Waals surface area contributed by atoms with Gasteiger partial charge in [0.15, 0.2) is 0 Å². The first-order valence-corrected chi connectivity index (χ1v) is 11.0. The summed E-state index contributed by atoms with van der Waals surface area (Å²) in [5.41, 5.74) is 10.4. The molecule has 156 valence electrons. The van der Waals surface area contributed by atoms with Gasteiger partial charge in [0.25, 0.3) is 10.0 Å². The topological polar surface area (TPSA) is 123 Å². The predicted molar refractivity (Wildman–Crippen MR) is 117 cm³/mol. The molecular weight excluding hydrogens is 426 g/mol. The van der Waals surface area contributed by atoms with Crippen LogP contribution in [0, 0.1) is 5.41 Å². The second-order valence-corrected chi connectivity index (χ2v) is 9.09. The molecule has 4 N–H and O–H groups in total. The zero-order valence-corrected chi connectivity index (χ0v) is 17.7. The van der Waals surface area contributed by atoms with Crippen LogP contribution in [0.25, 0.3) is 10.9 Å². The Morgan fingerprint density at radius 3 is 2.63 bits per heavy atom. The molecule has 0 bridgehead atoms. The van der Waals surface area contributed by atoms with Crippen molar-refractivity contribution in [3.8, 4) is 5.75 Å². The maximum Gasteiger partial charge on any atom is 0.268 e. The van der Waals surface area contributed by atoms with Crippen molar-refractivity contribution in [2.45, 2.75) is 24.2 Å². The molecule has 2 aromatic carbocycles. The summed E-state index contributed by atoms with van der Waals surface area (Å²) >= 11 is 6.23. The quantitative estimate of drug-likeness (QED) is 0.323. The molecule has 0 amide bonds. The Balaban J connectivity index is 1.99. The third kappa shape index (κ3) is 3.40. The third-order valence-electron chi connectivity index (χ3n) is 5.01. The molecule has 30 heavy (non-hydrogen) atoms. The van der Waals surface area contributed by atoms with E-state index in [2.05, 4.69) is 10.5 Å². The average molecular weight is 446 g/mol. The number of aromatic nitrogens is 1. The van der Waals surface area contributed by atoms with Crippen LogP contribution in [0.2, 0.25) is 5.02 Å². The third-order valence-corrected chi connectivity index (χ3v) is 7.01. The average Bonchev–Trinajstić information content (AvgIpc) is 3.07. The lowest BCUT2D eigenvalue weighted by Gasteiger charge is -2.18. The van der Waals surface area contributed by atoms with Crippen LogP contribution >= 0.6 is 11.6 Å². The molecule has 0 unspecified atom stereocenters. The van der Waals surface area contributed by atoms with Crippen molar-refractivity contribution in [2.24, 2.45) is 10.8 Å². The van der Waals surface area contributed by atoms with Crippen LogP contribution in [0.4, 0.5) is 0 Å². The predicted octanol–water partition coefficient (Wildman–Crippen LogP) is 3.06. The van der Waals surface area contributed by atoms with Gasteiger partial charge in [-0.05, 0) is 61.7 Å². The molecular formula is C20H20ClN5O3S. The van der Waals surface area contributed by atoms with Crippen LogP contribution in [0.1, 0.15) is 24.1 Å². The molecule has 1 aromatic heterocycles. The van der Waals surface area contributed by atoms with E-state index in [1.807, 2.05) is 0 Å². The number of halogens is 1. The maximum atomic E-state index is 13.6. The number of guanidine groups is 1. The number of hydrogen-bond donors (Lipinski definition) is 3. The van der Waals surface area contributed by atoms with Gasteiger partial charge >= 0.3 is 0 Å². The zero-order valence-electron chi connectivity index (χ0n) is 16.1. The Labute approximate surface area is 178 Å². The summed E-state index contributed by atoms with van der Waals surface area (Å²) < 4.78 is 33.7. The lowest BCUT2D eigenvalue weighted by atomic mass is 9.93. The number of nitrogens with two attached hydrogens (primary N) is 1. The van der Waals surface area contributed by atoms with E-state index >= 15 is 0 Å². The first kappa shape index (κ1) is 20.2. The largest absolute Gasteiger partial charge is 0.497 e. The number of benzene rings is 2. The van der Waals surface area contributed by atoms with Gasteiger partial charge in [-0.15, -0.1) is 0 Å². The van der Waals surface area contributed by atoms with Crippen molar-refractivity contribution >= 4 is 44.2 Å². The number of rotatable bonds is 4. The molecule has 10 heteroatoms. The maximum absolute atomic E-state index is 13.6. The van der Waals surface area contributed by atoms with Crippen LogP contribution in [0.3, 0.4) is 0 Å². The molecule has 0 aliphatic heterocycles. The first-order valence-electron chi connectivity index (χ1n) is 9.22. The van der Waals surface area contributed by atoms with E-state index < -0.39 is 10.0 Å². The Kier molecular flexibility index (Phi) is 5.17. The summed E-state index contributed by atoms with van der Waals surface area (Å²) in [6.07, 6.45) is 1.91. The highest BCUT2D eigenvalue weighted by Crippen LogP contribution is 2.36. The van der Waals surface area contributed by atoms with Gasteiger partial charge in [-0.2, -0.15) is 5.10 Å². The Morgan fingerprint density at radius 2 is 1.97 bits per heavy atom. The number of hydrogen-bond acceptors (Lipinski definition) is 5. The van der Waals surface area contributed by atoms with Crippen molar-refractivity contribution in [2.75, 3.05) is 7.11 Å². The fourth-order valence-electron chi connectivity index (χ4n) is 3.75. The van der Waals surface area contributed by atoms with Gasteiger partial charge in [0.1, 0.15) is 5.75 Å². The molecule has 1 heterocycles. The van der Waals surface area contributed by atoms with E-state index in [-0.39, 0.29) is 10.9 Å². The summed E-state index contributed by atoms with van der Waals surface area (Å²) in [5, 5.41) is 12.8. The Bertz CT molecular complexity index is 1280. The fraction of sp³-hybridized carbons (Fsp3) is 0.200. The monoisotopic (exact) mass is 445 g/mol. The van der Waals surface area contributed by atoms with E-state index in [9.17, 15) is 8.42 Å². The van der Waals surface area contributed by atoms with Gasteiger partial charge in [0.05, 0.1) is 23.2 Å². The van der Waals surface area contributed by atoms with E-state index in [1.54, 1.807) is 30.3 Å². The summed E-state index contributed by atoms with van der Waals surface area (Å²) in [7, 11) is -2.35. The van der Waals surface area contributed by atoms with E-state index in [0.717, 1.165) is 0 Å². The zero-order chi connectivity index (χ0) is 21.5. The highest BCUT2D eigenvalue weighted by molar-refractivity contribution is 7.90. The lowest BCUT2D eigenvalue weighted by Crippen LogP contribution is -2.28. The van der Waals surface area contributed by atoms with Gasteiger partial charge in [-0.3, -0.25) is 5.41 Å². The van der Waals surface area contributed by atoms with Gasteiger partial charge in [0.2, 0.25) is 5.96 Å². The molecule has 0 saturated carbocycles. The van der Waals surface area contributed by atoms with Crippen molar-refractivity contribution in [3.63, 3.8) is 0 Å². The Morgan fingerprint density at radius 1 is 1.23 bits per heavy atom. The number of ether oxygens (including phenoxy) is 1. The van der Waals surface area contributed by atoms with Crippen LogP contribution in [-0.2, 0) is 16.4 Å². The van der Waals surface area contributed by atoms with Crippen LogP contribution in [0.5, 0.6) is 5.75 Å². The van der Waals surface area contributed by atoms with Gasteiger partial charge in [-0.1, -0.05) is 11.6 Å². The second-order valence-electron chi connectivity index (χ2n) is 6.87. The van der Waals surface area contributed by atoms with E-state index in [1.165, 1.54) is 23.2 Å². The molecule has 4 rings (SSSR count). The molecule has 0 atom stereocenters. The molecule has 0 saturated heterocycles. The first-order chi connectivity index (χ1) is 14.3. The van der Waals surface area contributed by atoms with E-state index in [4.69, 9.17) is 27.5 Å². The molecule has 1 aliphatic rings. The lowest BCUT2D eigenvalue weighted by molar-refractivity contribution is 0.414. The molecule has 0 fully saturated rings. The summed E-state index contributed by atoms with van der Waals surface area (Å²) in [4.78, 5) is 0.156. The number of nitrogens with zero attached hydrogens (tertiary/aromatic N) is 2. The van der Waals surface area contributed by atoms with Crippen LogP contribution in [-0.4, -0.2) is 31.2 Å². The van der Waals surface area contributed by atoms with Crippen molar-refractivity contribution < 1.29 is 13.2 Å². The smallest absolute Gasteiger partial charge is 0.268 e. The van der Waals surface area contributed by atoms with Gasteiger partial charge in [-0.25, -0.2) is 17.8 Å². The molecule has 1 aliphatic carbocycles. The van der Waals surface area contributed by atoms with Crippen molar-refractivity contribution in [1.82, 2.24) is 9.40 Å². The highest BCUT2D eigenvalue weighted by Gasteiger charge is 2.31.